The number of nitrogens with two attached hydrogens (primary N) is 1. The van der Waals surface area contributed by atoms with E-state index in [2.05, 4.69) is 24.1 Å². The minimum Gasteiger partial charge on any atom is -0.383 e. The average molecular weight is 259 g/mol. The van der Waals surface area contributed by atoms with Gasteiger partial charge in [-0.15, -0.1) is 0 Å². The highest BCUT2D eigenvalue weighted by Gasteiger charge is 2.32. The molecular weight excluding hydrogens is 230 g/mol. The highest BCUT2D eigenvalue weighted by molar-refractivity contribution is 5.84. The second-order valence-corrected chi connectivity index (χ2v) is 5.15. The zero-order valence-corrected chi connectivity index (χ0v) is 12.5. The molecule has 5 heteroatoms. The molecule has 3 N–H and O–H groups in total. The molecule has 0 aromatic heterocycles. The Labute approximate surface area is 111 Å². The van der Waals surface area contributed by atoms with Crippen LogP contribution in [0.2, 0.25) is 0 Å². The van der Waals surface area contributed by atoms with E-state index >= 15 is 0 Å². The fourth-order valence-electron chi connectivity index (χ4n) is 1.86. The van der Waals surface area contributed by atoms with Crippen LogP contribution in [0.4, 0.5) is 0 Å². The van der Waals surface area contributed by atoms with Crippen molar-refractivity contribution >= 4 is 5.91 Å². The Kier molecular flexibility index (Phi) is 8.15. The van der Waals surface area contributed by atoms with Crippen molar-refractivity contribution in [3.63, 3.8) is 0 Å². The van der Waals surface area contributed by atoms with Crippen molar-refractivity contribution in [2.24, 2.45) is 5.73 Å². The van der Waals surface area contributed by atoms with E-state index < -0.39 is 5.54 Å². The predicted molar refractivity (Wildman–Crippen MR) is 74.5 cm³/mol. The lowest BCUT2D eigenvalue weighted by atomic mass is 9.92. The van der Waals surface area contributed by atoms with Crippen LogP contribution in [0.5, 0.6) is 0 Å². The molecule has 0 saturated heterocycles. The van der Waals surface area contributed by atoms with Crippen molar-refractivity contribution in [2.75, 3.05) is 33.9 Å². The first-order chi connectivity index (χ1) is 8.37. The standard InChI is InChI=1S/C13H29N3O2/c1-6-7-15-13(3,12(14)17)10-11(2)16(4)8-9-18-5/h11,15H,6-10H2,1-5H3,(H2,14,17). The van der Waals surface area contributed by atoms with Crippen molar-refractivity contribution in [1.29, 1.82) is 0 Å². The Bertz CT molecular complexity index is 248. The van der Waals surface area contributed by atoms with Crippen LogP contribution in [0, 0.1) is 0 Å². The molecule has 2 atom stereocenters. The average Bonchev–Trinajstić information content (AvgIpc) is 2.33. The number of carbonyl (C=O) groups is 1. The van der Waals surface area contributed by atoms with E-state index in [1.54, 1.807) is 7.11 Å². The maximum atomic E-state index is 11.6. The molecule has 0 spiro atoms. The molecule has 2 unspecified atom stereocenters. The first kappa shape index (κ1) is 17.4. The van der Waals surface area contributed by atoms with Crippen molar-refractivity contribution in [1.82, 2.24) is 10.2 Å². The fourth-order valence-corrected chi connectivity index (χ4v) is 1.86. The SMILES string of the molecule is CCCNC(C)(CC(C)N(C)CCOC)C(N)=O. The molecule has 0 saturated carbocycles. The van der Waals surface area contributed by atoms with E-state index in [-0.39, 0.29) is 11.9 Å². The number of hydrogen-bond donors (Lipinski definition) is 2. The van der Waals surface area contributed by atoms with Crippen LogP contribution >= 0.6 is 0 Å². The van der Waals surface area contributed by atoms with Gasteiger partial charge in [-0.25, -0.2) is 0 Å². The van der Waals surface area contributed by atoms with Gasteiger partial charge in [0.15, 0.2) is 0 Å². The van der Waals surface area contributed by atoms with Crippen LogP contribution < -0.4 is 11.1 Å². The van der Waals surface area contributed by atoms with E-state index in [1.165, 1.54) is 0 Å². The van der Waals surface area contributed by atoms with Gasteiger partial charge in [0.05, 0.1) is 12.1 Å². The van der Waals surface area contributed by atoms with Crippen LogP contribution in [0.1, 0.15) is 33.6 Å². The fraction of sp³-hybridized carbons (Fsp3) is 0.923. The zero-order valence-electron chi connectivity index (χ0n) is 12.5. The van der Waals surface area contributed by atoms with Gasteiger partial charge in [-0.2, -0.15) is 0 Å². The monoisotopic (exact) mass is 259 g/mol. The van der Waals surface area contributed by atoms with Crippen LogP contribution in [0.15, 0.2) is 0 Å². The first-order valence-corrected chi connectivity index (χ1v) is 6.61. The molecule has 0 heterocycles. The Balaban J connectivity index is 4.43. The van der Waals surface area contributed by atoms with E-state index in [9.17, 15) is 4.79 Å². The summed E-state index contributed by atoms with van der Waals surface area (Å²) < 4.78 is 5.06. The normalized spacial score (nSPS) is 16.6. The van der Waals surface area contributed by atoms with Crippen molar-refractivity contribution in [3.05, 3.63) is 0 Å². The van der Waals surface area contributed by atoms with E-state index in [4.69, 9.17) is 10.5 Å². The Morgan fingerprint density at radius 2 is 2.17 bits per heavy atom. The first-order valence-electron chi connectivity index (χ1n) is 6.61. The number of ether oxygens (including phenoxy) is 1. The van der Waals surface area contributed by atoms with Gasteiger partial charge in [-0.3, -0.25) is 4.79 Å². The summed E-state index contributed by atoms with van der Waals surface area (Å²) in [6.45, 7) is 8.39. The molecular formula is C13H29N3O2. The molecule has 0 aliphatic heterocycles. The highest BCUT2D eigenvalue weighted by Crippen LogP contribution is 2.15. The van der Waals surface area contributed by atoms with E-state index in [0.717, 1.165) is 19.5 Å². The Morgan fingerprint density at radius 3 is 2.61 bits per heavy atom. The topological polar surface area (TPSA) is 67.6 Å². The van der Waals surface area contributed by atoms with E-state index in [1.807, 2.05) is 14.0 Å². The molecule has 1 amide bonds. The van der Waals surface area contributed by atoms with Gasteiger partial charge in [0.2, 0.25) is 5.91 Å². The Morgan fingerprint density at radius 1 is 1.56 bits per heavy atom. The van der Waals surface area contributed by atoms with E-state index in [0.29, 0.717) is 13.0 Å². The zero-order chi connectivity index (χ0) is 14.2. The summed E-state index contributed by atoms with van der Waals surface area (Å²) in [5, 5.41) is 3.25. The van der Waals surface area contributed by atoms with Crippen LogP contribution in [0.25, 0.3) is 0 Å². The van der Waals surface area contributed by atoms with Gasteiger partial charge < -0.3 is 20.7 Å². The molecule has 0 fully saturated rings. The van der Waals surface area contributed by atoms with Gasteiger partial charge in [0.1, 0.15) is 0 Å². The summed E-state index contributed by atoms with van der Waals surface area (Å²) in [7, 11) is 3.72. The number of nitrogens with one attached hydrogen (secondary N) is 1. The van der Waals surface area contributed by atoms with Crippen LogP contribution in [-0.4, -0.2) is 56.2 Å². The lowest BCUT2D eigenvalue weighted by Gasteiger charge is -2.34. The summed E-state index contributed by atoms with van der Waals surface area (Å²) in [5.41, 5.74) is 4.87. The summed E-state index contributed by atoms with van der Waals surface area (Å²) >= 11 is 0. The summed E-state index contributed by atoms with van der Waals surface area (Å²) in [5.74, 6) is -0.289. The number of hydrogen-bond acceptors (Lipinski definition) is 4. The van der Waals surface area contributed by atoms with Gasteiger partial charge >= 0.3 is 0 Å². The number of rotatable bonds is 10. The highest BCUT2D eigenvalue weighted by atomic mass is 16.5. The van der Waals surface area contributed by atoms with Crippen LogP contribution in [0.3, 0.4) is 0 Å². The van der Waals surface area contributed by atoms with Gasteiger partial charge in [0, 0.05) is 19.7 Å². The molecule has 0 aliphatic rings. The molecule has 18 heavy (non-hydrogen) atoms. The molecule has 0 radical (unpaired) electrons. The molecule has 0 rings (SSSR count). The number of likely N-dealkylation sites (N-methyl/N-ethyl adjacent to an activating group) is 1. The van der Waals surface area contributed by atoms with Crippen LogP contribution in [-0.2, 0) is 9.53 Å². The molecule has 0 aliphatic carbocycles. The Hall–Kier alpha value is -0.650. The summed E-state index contributed by atoms with van der Waals surface area (Å²) in [4.78, 5) is 13.8. The second kappa shape index (κ2) is 8.45. The quantitative estimate of drug-likeness (QED) is 0.602. The van der Waals surface area contributed by atoms with Gasteiger partial charge in [-0.1, -0.05) is 6.92 Å². The maximum absolute atomic E-state index is 11.6. The van der Waals surface area contributed by atoms with Gasteiger partial charge in [-0.05, 0) is 40.3 Å². The molecule has 0 bridgehead atoms. The lowest BCUT2D eigenvalue weighted by molar-refractivity contribution is -0.124. The maximum Gasteiger partial charge on any atom is 0.237 e. The largest absolute Gasteiger partial charge is 0.383 e. The summed E-state index contributed by atoms with van der Waals surface area (Å²) in [6, 6.07) is 0.266. The summed E-state index contributed by atoms with van der Waals surface area (Å²) in [6.07, 6.45) is 1.68. The predicted octanol–water partition coefficient (Wildman–Crippen LogP) is 0.587. The molecule has 0 aromatic rings. The second-order valence-electron chi connectivity index (χ2n) is 5.15. The van der Waals surface area contributed by atoms with Crippen molar-refractivity contribution in [2.45, 2.75) is 45.2 Å². The van der Waals surface area contributed by atoms with Crippen molar-refractivity contribution < 1.29 is 9.53 Å². The van der Waals surface area contributed by atoms with Gasteiger partial charge in [0.25, 0.3) is 0 Å². The minimum absolute atomic E-state index is 0.266. The molecule has 5 nitrogen and oxygen atoms in total. The van der Waals surface area contributed by atoms with Crippen molar-refractivity contribution in [3.8, 4) is 0 Å². The number of amides is 1. The number of carbonyl (C=O) groups excluding carboxylic acids is 1. The number of primary amides is 1. The smallest absolute Gasteiger partial charge is 0.237 e. The third-order valence-corrected chi connectivity index (χ3v) is 3.41. The number of nitrogens with zero attached hydrogens (tertiary/aromatic N) is 1. The third kappa shape index (κ3) is 5.80. The third-order valence-electron chi connectivity index (χ3n) is 3.41. The molecule has 0 aromatic carbocycles. The number of methoxy groups -OCH3 is 1. The minimum atomic E-state index is -0.642. The lowest BCUT2D eigenvalue weighted by Crippen LogP contribution is -2.56. The molecule has 108 valence electrons.